The Kier molecular flexibility index (Phi) is 3.32. The Hall–Kier alpha value is -2.37. The molecule has 0 saturated carbocycles. The molecule has 0 spiro atoms. The summed E-state index contributed by atoms with van der Waals surface area (Å²) < 4.78 is 4.01. The van der Waals surface area contributed by atoms with Crippen LogP contribution in [0.25, 0.3) is 27.3 Å². The number of hydrogen-bond donors (Lipinski definition) is 1. The van der Waals surface area contributed by atoms with Gasteiger partial charge < -0.3 is 9.67 Å². The lowest BCUT2D eigenvalue weighted by atomic mass is 10.1. The molecule has 0 amide bonds. The lowest BCUT2D eigenvalue weighted by molar-refractivity contribution is 0.273. The van der Waals surface area contributed by atoms with E-state index >= 15 is 0 Å². The number of aliphatic hydroxyl groups is 1. The van der Waals surface area contributed by atoms with Gasteiger partial charge in [0.15, 0.2) is 0 Å². The van der Waals surface area contributed by atoms with Gasteiger partial charge in [0.05, 0.1) is 17.8 Å². The van der Waals surface area contributed by atoms with E-state index in [0.29, 0.717) is 0 Å². The Morgan fingerprint density at radius 1 is 1.13 bits per heavy atom. The average molecular weight is 323 g/mol. The fraction of sp³-hybridized carbons (Fsp3) is 0.167. The second-order valence-electron chi connectivity index (χ2n) is 5.61. The minimum atomic E-state index is 0.0268. The van der Waals surface area contributed by atoms with Gasteiger partial charge in [-0.15, -0.1) is 11.3 Å². The van der Waals surface area contributed by atoms with E-state index in [1.54, 1.807) is 11.3 Å². The molecular formula is C18H17N3OS. The number of thiophene rings is 1. The van der Waals surface area contributed by atoms with Crippen molar-refractivity contribution in [3.63, 3.8) is 0 Å². The molecule has 0 bridgehead atoms. The summed E-state index contributed by atoms with van der Waals surface area (Å²) in [6.45, 7) is 2.14. The summed E-state index contributed by atoms with van der Waals surface area (Å²) in [6.07, 6.45) is 0. The largest absolute Gasteiger partial charge is 0.390 e. The van der Waals surface area contributed by atoms with Crippen LogP contribution < -0.4 is 0 Å². The second kappa shape index (κ2) is 5.37. The van der Waals surface area contributed by atoms with Crippen LogP contribution in [-0.4, -0.2) is 19.5 Å². The van der Waals surface area contributed by atoms with Crippen LogP contribution in [0.3, 0.4) is 0 Å². The topological polar surface area (TPSA) is 43.0 Å². The smallest absolute Gasteiger partial charge is 0.118 e. The minimum Gasteiger partial charge on any atom is -0.390 e. The van der Waals surface area contributed by atoms with E-state index in [9.17, 15) is 5.11 Å². The average Bonchev–Trinajstić information content (AvgIpc) is 3.25. The van der Waals surface area contributed by atoms with Crippen molar-refractivity contribution in [1.82, 2.24) is 14.3 Å². The number of aryl methyl sites for hydroxylation is 1. The van der Waals surface area contributed by atoms with E-state index in [4.69, 9.17) is 5.10 Å². The summed E-state index contributed by atoms with van der Waals surface area (Å²) >= 11 is 1.67. The highest BCUT2D eigenvalue weighted by atomic mass is 32.1. The van der Waals surface area contributed by atoms with Gasteiger partial charge in [0.25, 0.3) is 0 Å². The molecule has 4 aromatic rings. The zero-order valence-corrected chi connectivity index (χ0v) is 13.8. The highest BCUT2D eigenvalue weighted by Crippen LogP contribution is 2.33. The number of benzene rings is 1. The standard InChI is InChI=1S/C18H17N3OS/c1-12-5-3-6-14-17(12)18(15-9-8-13(11-22)20(15)2)19-21(14)16-7-4-10-23-16/h3-10,22H,11H2,1-2H3. The molecule has 5 heteroatoms. The van der Waals surface area contributed by atoms with Crippen molar-refractivity contribution in [3.05, 3.63) is 59.1 Å². The molecule has 0 aliphatic heterocycles. The van der Waals surface area contributed by atoms with E-state index in [0.717, 1.165) is 33.0 Å². The van der Waals surface area contributed by atoms with Crippen LogP contribution in [-0.2, 0) is 13.7 Å². The van der Waals surface area contributed by atoms with E-state index in [1.165, 1.54) is 5.56 Å². The molecule has 0 radical (unpaired) electrons. The van der Waals surface area contributed by atoms with E-state index in [2.05, 4.69) is 36.6 Å². The van der Waals surface area contributed by atoms with Crippen molar-refractivity contribution in [1.29, 1.82) is 0 Å². The molecule has 1 N–H and O–H groups in total. The molecule has 0 aliphatic carbocycles. The molecule has 4 nitrogen and oxygen atoms in total. The summed E-state index contributed by atoms with van der Waals surface area (Å²) in [5.41, 5.74) is 5.16. The van der Waals surface area contributed by atoms with Crippen molar-refractivity contribution in [2.24, 2.45) is 7.05 Å². The second-order valence-corrected chi connectivity index (χ2v) is 6.53. The molecule has 0 fully saturated rings. The third-order valence-electron chi connectivity index (χ3n) is 4.26. The van der Waals surface area contributed by atoms with Crippen LogP contribution in [0.1, 0.15) is 11.3 Å². The van der Waals surface area contributed by atoms with Gasteiger partial charge >= 0.3 is 0 Å². The summed E-state index contributed by atoms with van der Waals surface area (Å²) in [4.78, 5) is 0. The molecule has 0 atom stereocenters. The number of hydrogen-bond acceptors (Lipinski definition) is 3. The number of rotatable bonds is 3. The van der Waals surface area contributed by atoms with Gasteiger partial charge in [0, 0.05) is 18.1 Å². The third-order valence-corrected chi connectivity index (χ3v) is 5.10. The van der Waals surface area contributed by atoms with Crippen molar-refractivity contribution in [2.75, 3.05) is 0 Å². The van der Waals surface area contributed by atoms with Gasteiger partial charge in [-0.2, -0.15) is 5.10 Å². The molecule has 0 unspecified atom stereocenters. The van der Waals surface area contributed by atoms with E-state index < -0.39 is 0 Å². The van der Waals surface area contributed by atoms with Gasteiger partial charge in [-0.05, 0) is 48.2 Å². The van der Waals surface area contributed by atoms with E-state index in [-0.39, 0.29) is 6.61 Å². The number of fused-ring (bicyclic) bond motifs is 1. The first-order valence-electron chi connectivity index (χ1n) is 7.48. The van der Waals surface area contributed by atoms with Crippen LogP contribution in [0.15, 0.2) is 47.8 Å². The minimum absolute atomic E-state index is 0.0268. The highest BCUT2D eigenvalue weighted by molar-refractivity contribution is 7.12. The molecule has 0 aliphatic rings. The third kappa shape index (κ3) is 2.12. The predicted molar refractivity (Wildman–Crippen MR) is 94.0 cm³/mol. The fourth-order valence-electron chi connectivity index (χ4n) is 3.03. The summed E-state index contributed by atoms with van der Waals surface area (Å²) in [6, 6.07) is 14.4. The molecular weight excluding hydrogens is 306 g/mol. The van der Waals surface area contributed by atoms with Crippen molar-refractivity contribution < 1.29 is 5.11 Å². The molecule has 23 heavy (non-hydrogen) atoms. The molecule has 0 saturated heterocycles. The zero-order valence-electron chi connectivity index (χ0n) is 13.0. The Morgan fingerprint density at radius 2 is 2.00 bits per heavy atom. The summed E-state index contributed by atoms with van der Waals surface area (Å²) in [7, 11) is 1.97. The van der Waals surface area contributed by atoms with Crippen LogP contribution in [0.4, 0.5) is 0 Å². The van der Waals surface area contributed by atoms with Crippen LogP contribution in [0, 0.1) is 6.92 Å². The lowest BCUT2D eigenvalue weighted by Crippen LogP contribution is -1.99. The van der Waals surface area contributed by atoms with Crippen LogP contribution >= 0.6 is 11.3 Å². The molecule has 116 valence electrons. The summed E-state index contributed by atoms with van der Waals surface area (Å²) in [5, 5.41) is 18.7. The maximum Gasteiger partial charge on any atom is 0.118 e. The molecule has 1 aromatic carbocycles. The maximum atomic E-state index is 9.46. The monoisotopic (exact) mass is 323 g/mol. The number of nitrogens with zero attached hydrogens (tertiary/aromatic N) is 3. The van der Waals surface area contributed by atoms with Gasteiger partial charge in [0.1, 0.15) is 10.7 Å². The van der Waals surface area contributed by atoms with E-state index in [1.807, 2.05) is 34.5 Å². The molecule has 3 aromatic heterocycles. The van der Waals surface area contributed by atoms with Crippen molar-refractivity contribution >= 4 is 22.2 Å². The lowest BCUT2D eigenvalue weighted by Gasteiger charge is -2.05. The quantitative estimate of drug-likeness (QED) is 0.621. The fourth-order valence-corrected chi connectivity index (χ4v) is 3.72. The predicted octanol–water partition coefficient (Wildman–Crippen LogP) is 3.89. The van der Waals surface area contributed by atoms with Gasteiger partial charge in [0.2, 0.25) is 0 Å². The first kappa shape index (κ1) is 14.2. The first-order valence-corrected chi connectivity index (χ1v) is 8.36. The SMILES string of the molecule is Cc1cccc2c1c(-c1ccc(CO)n1C)nn2-c1cccs1. The number of aliphatic hydroxyl groups excluding tert-OH is 1. The normalized spacial score (nSPS) is 11.4. The zero-order chi connectivity index (χ0) is 16.0. The number of aromatic nitrogens is 3. The van der Waals surface area contributed by atoms with Crippen LogP contribution in [0.5, 0.6) is 0 Å². The Balaban J connectivity index is 2.05. The Morgan fingerprint density at radius 3 is 2.70 bits per heavy atom. The van der Waals surface area contributed by atoms with Gasteiger partial charge in [-0.1, -0.05) is 12.1 Å². The summed E-state index contributed by atoms with van der Waals surface area (Å²) in [5.74, 6) is 0. The maximum absolute atomic E-state index is 9.46. The Bertz CT molecular complexity index is 979. The van der Waals surface area contributed by atoms with Gasteiger partial charge in [-0.25, -0.2) is 4.68 Å². The van der Waals surface area contributed by atoms with Crippen LogP contribution in [0.2, 0.25) is 0 Å². The molecule has 3 heterocycles. The van der Waals surface area contributed by atoms with Gasteiger partial charge in [-0.3, -0.25) is 0 Å². The first-order chi connectivity index (χ1) is 11.2. The van der Waals surface area contributed by atoms with Crippen molar-refractivity contribution in [3.8, 4) is 16.4 Å². The highest BCUT2D eigenvalue weighted by Gasteiger charge is 2.18. The van der Waals surface area contributed by atoms with Crippen molar-refractivity contribution in [2.45, 2.75) is 13.5 Å². The molecule has 4 rings (SSSR count). The Labute approximate surface area is 138 Å².